The van der Waals surface area contributed by atoms with Gasteiger partial charge < -0.3 is 10.5 Å². The average molecular weight is 186 g/mol. The van der Waals surface area contributed by atoms with E-state index in [0.717, 1.165) is 0 Å². The molecule has 1 atom stereocenters. The molecule has 0 saturated carbocycles. The fourth-order valence-corrected chi connectivity index (χ4v) is 0.934. The molecule has 0 bridgehead atoms. The molecule has 0 radical (unpaired) electrons. The van der Waals surface area contributed by atoms with Crippen LogP contribution in [-0.4, -0.2) is 24.5 Å². The zero-order valence-corrected chi connectivity index (χ0v) is 6.14. The topological polar surface area (TPSA) is 61.7 Å². The van der Waals surface area contributed by atoms with Gasteiger partial charge in [0.25, 0.3) is 0 Å². The van der Waals surface area contributed by atoms with Gasteiger partial charge in [-0.2, -0.15) is 13.2 Å². The monoisotopic (exact) mass is 186 g/mol. The first-order valence-corrected chi connectivity index (χ1v) is 3.26. The van der Waals surface area contributed by atoms with Crippen molar-refractivity contribution in [1.82, 2.24) is 5.32 Å². The van der Waals surface area contributed by atoms with Crippen LogP contribution in [0.1, 0.15) is 6.42 Å². The molecule has 4 nitrogen and oxygen atoms in total. The van der Waals surface area contributed by atoms with Crippen molar-refractivity contribution in [2.75, 3.05) is 13.1 Å². The molecular weight excluding hydrogens is 177 g/mol. The van der Waals surface area contributed by atoms with E-state index in [1.807, 2.05) is 0 Å². The van der Waals surface area contributed by atoms with E-state index in [1.54, 1.807) is 0 Å². The van der Waals surface area contributed by atoms with Crippen LogP contribution in [0, 0.1) is 10.8 Å². The summed E-state index contributed by atoms with van der Waals surface area (Å²) in [5.74, 6) is -1.10. The minimum absolute atomic E-state index is 0.101. The number of hydrogen-bond donors (Lipinski definition) is 2. The van der Waals surface area contributed by atoms with Gasteiger partial charge in [0.05, 0.1) is 5.92 Å². The Kier molecular flexibility index (Phi) is 4.57. The Morgan fingerprint density at radius 3 is 2.17 bits per heavy atom. The molecule has 1 aliphatic heterocycles. The van der Waals surface area contributed by atoms with Crippen molar-refractivity contribution >= 4 is 0 Å². The Morgan fingerprint density at radius 2 is 2.00 bits per heavy atom. The molecule has 2 N–H and O–H groups in total. The van der Waals surface area contributed by atoms with E-state index in [1.165, 1.54) is 5.34 Å². The first kappa shape index (κ1) is 11.2. The van der Waals surface area contributed by atoms with Gasteiger partial charge in [-0.25, -0.2) is 0 Å². The first-order valence-electron chi connectivity index (χ1n) is 3.26. The van der Waals surface area contributed by atoms with Gasteiger partial charge >= 0.3 is 6.18 Å². The predicted octanol–water partition coefficient (Wildman–Crippen LogP) is 1.30. The largest absolute Gasteiger partial charge is 0.393 e. The van der Waals surface area contributed by atoms with Crippen molar-refractivity contribution in [3.63, 3.8) is 0 Å². The van der Waals surface area contributed by atoms with Crippen molar-refractivity contribution in [2.45, 2.75) is 12.6 Å². The quantitative estimate of drug-likeness (QED) is 0.442. The normalized spacial score (nSPS) is 22.8. The minimum atomic E-state index is -3.98. The third-order valence-corrected chi connectivity index (χ3v) is 1.52. The summed E-state index contributed by atoms with van der Waals surface area (Å²) in [6.07, 6.45) is -3.74. The highest BCUT2D eigenvalue weighted by Gasteiger charge is 2.40. The highest BCUT2D eigenvalue weighted by atomic mass is 19.4. The molecule has 7 heteroatoms. The standard InChI is InChI=1S/C5H8F3N.HNO2/c6-5(7,8)4-1-2-9-3-4;2-1-3/h4,9H,1-3H2;(H,2,3). The SMILES string of the molecule is FC(F)(F)C1CCNC1.O=NO. The number of nitrogens with one attached hydrogen (secondary N) is 1. The van der Waals surface area contributed by atoms with Crippen LogP contribution in [-0.2, 0) is 0 Å². The highest BCUT2D eigenvalue weighted by molar-refractivity contribution is 4.76. The average Bonchev–Trinajstić information content (AvgIpc) is 2.36. The van der Waals surface area contributed by atoms with Gasteiger partial charge in [-0.05, 0) is 13.0 Å². The lowest BCUT2D eigenvalue weighted by molar-refractivity contribution is -0.168. The van der Waals surface area contributed by atoms with E-state index < -0.39 is 12.1 Å². The van der Waals surface area contributed by atoms with Crippen LogP contribution in [0.2, 0.25) is 0 Å². The molecular formula is C5H9F3N2O2. The van der Waals surface area contributed by atoms with E-state index in [2.05, 4.69) is 5.32 Å². The van der Waals surface area contributed by atoms with Crippen LogP contribution in [0.15, 0.2) is 5.34 Å². The fraction of sp³-hybridized carbons (Fsp3) is 1.00. The first-order chi connectivity index (χ1) is 5.52. The number of rotatable bonds is 0. The van der Waals surface area contributed by atoms with E-state index >= 15 is 0 Å². The summed E-state index contributed by atoms with van der Waals surface area (Å²) >= 11 is 0. The molecule has 72 valence electrons. The number of alkyl halides is 3. The lowest BCUT2D eigenvalue weighted by Gasteiger charge is -2.11. The van der Waals surface area contributed by atoms with Crippen molar-refractivity contribution in [3.8, 4) is 0 Å². The van der Waals surface area contributed by atoms with E-state index in [4.69, 9.17) is 10.1 Å². The maximum Gasteiger partial charge on any atom is 0.393 e. The van der Waals surface area contributed by atoms with Gasteiger partial charge in [0, 0.05) is 6.54 Å². The van der Waals surface area contributed by atoms with Gasteiger partial charge in [-0.3, -0.25) is 0 Å². The Bertz CT molecular complexity index is 133. The van der Waals surface area contributed by atoms with Gasteiger partial charge in [-0.15, -0.1) is 4.91 Å². The van der Waals surface area contributed by atoms with E-state index in [9.17, 15) is 13.2 Å². The van der Waals surface area contributed by atoms with Gasteiger partial charge in [-0.1, -0.05) is 0 Å². The van der Waals surface area contributed by atoms with Crippen molar-refractivity contribution in [3.05, 3.63) is 4.91 Å². The van der Waals surface area contributed by atoms with Crippen molar-refractivity contribution < 1.29 is 18.4 Å². The van der Waals surface area contributed by atoms with Crippen LogP contribution in [0.3, 0.4) is 0 Å². The van der Waals surface area contributed by atoms with Crippen LogP contribution < -0.4 is 5.32 Å². The third kappa shape index (κ3) is 4.12. The molecule has 1 saturated heterocycles. The Labute approximate surface area is 66.7 Å². The molecule has 0 aromatic rings. The molecule has 1 fully saturated rings. The molecule has 1 heterocycles. The molecule has 12 heavy (non-hydrogen) atoms. The summed E-state index contributed by atoms with van der Waals surface area (Å²) in [6, 6.07) is 0. The molecule has 0 aromatic heterocycles. The molecule has 1 aliphatic rings. The maximum absolute atomic E-state index is 11.7. The number of nitrogens with zero attached hydrogens (tertiary/aromatic N) is 1. The summed E-state index contributed by atoms with van der Waals surface area (Å²) in [5, 5.41) is 10.5. The molecule has 0 aliphatic carbocycles. The Hall–Kier alpha value is -0.850. The maximum atomic E-state index is 11.7. The predicted molar refractivity (Wildman–Crippen MR) is 34.6 cm³/mol. The van der Waals surface area contributed by atoms with Crippen LogP contribution in [0.5, 0.6) is 0 Å². The van der Waals surface area contributed by atoms with Crippen LogP contribution in [0.25, 0.3) is 0 Å². The Morgan fingerprint density at radius 1 is 1.50 bits per heavy atom. The second-order valence-corrected chi connectivity index (χ2v) is 2.31. The summed E-state index contributed by atoms with van der Waals surface area (Å²) < 4.78 is 35.2. The second-order valence-electron chi connectivity index (χ2n) is 2.31. The van der Waals surface area contributed by atoms with Gasteiger partial charge in [0.2, 0.25) is 0 Å². The van der Waals surface area contributed by atoms with Crippen LogP contribution >= 0.6 is 0 Å². The summed E-state index contributed by atoms with van der Waals surface area (Å²) in [7, 11) is 0. The number of hydrogen-bond acceptors (Lipinski definition) is 3. The zero-order valence-electron chi connectivity index (χ0n) is 6.14. The van der Waals surface area contributed by atoms with Crippen LogP contribution in [0.4, 0.5) is 13.2 Å². The zero-order chi connectivity index (χ0) is 9.61. The van der Waals surface area contributed by atoms with Gasteiger partial charge in [0.15, 0.2) is 5.34 Å². The summed E-state index contributed by atoms with van der Waals surface area (Å²) in [4.78, 5) is 8.11. The minimum Gasteiger partial charge on any atom is -0.379 e. The summed E-state index contributed by atoms with van der Waals surface area (Å²) in [5.41, 5.74) is 0. The van der Waals surface area contributed by atoms with Gasteiger partial charge in [0.1, 0.15) is 0 Å². The molecule has 0 amide bonds. The smallest absolute Gasteiger partial charge is 0.379 e. The third-order valence-electron chi connectivity index (χ3n) is 1.52. The lowest BCUT2D eigenvalue weighted by atomic mass is 10.1. The Balaban J connectivity index is 0.000000354. The lowest BCUT2D eigenvalue weighted by Crippen LogP contribution is -2.24. The molecule has 1 unspecified atom stereocenters. The second kappa shape index (κ2) is 4.91. The van der Waals surface area contributed by atoms with Crippen molar-refractivity contribution in [1.29, 1.82) is 0 Å². The molecule has 1 rings (SSSR count). The van der Waals surface area contributed by atoms with E-state index in [-0.39, 0.29) is 13.0 Å². The van der Waals surface area contributed by atoms with Crippen molar-refractivity contribution in [2.24, 2.45) is 11.3 Å². The van der Waals surface area contributed by atoms with E-state index in [0.29, 0.717) is 6.54 Å². The fourth-order valence-electron chi connectivity index (χ4n) is 0.934. The number of halogens is 3. The molecule has 0 aromatic carbocycles. The molecule has 0 spiro atoms. The summed E-state index contributed by atoms with van der Waals surface area (Å²) in [6.45, 7) is 0.605. The highest BCUT2D eigenvalue weighted by Crippen LogP contribution is 2.29.